The summed E-state index contributed by atoms with van der Waals surface area (Å²) in [5.74, 6) is 0.259. The van der Waals surface area contributed by atoms with E-state index in [1.54, 1.807) is 36.4 Å². The number of benzene rings is 3. The Bertz CT molecular complexity index is 1950. The van der Waals surface area contributed by atoms with E-state index in [9.17, 15) is 26.7 Å². The van der Waals surface area contributed by atoms with Crippen molar-refractivity contribution in [2.24, 2.45) is 5.92 Å². The Morgan fingerprint density at radius 3 is 2.05 bits per heavy atom. The van der Waals surface area contributed by atoms with Gasteiger partial charge in [0.15, 0.2) is 0 Å². The summed E-state index contributed by atoms with van der Waals surface area (Å²) in [5.41, 5.74) is 1.48. The Morgan fingerprint density at radius 2 is 1.34 bits per heavy atom. The van der Waals surface area contributed by atoms with E-state index in [2.05, 4.69) is 9.44 Å². The van der Waals surface area contributed by atoms with Crippen molar-refractivity contribution < 1.29 is 26.4 Å². The minimum absolute atomic E-state index is 0.0100. The van der Waals surface area contributed by atoms with E-state index in [4.69, 9.17) is 4.42 Å². The maximum absolute atomic E-state index is 13.4. The van der Waals surface area contributed by atoms with Gasteiger partial charge in [-0.3, -0.25) is 9.44 Å². The number of aryl methyl sites for hydroxylation is 1. The van der Waals surface area contributed by atoms with Gasteiger partial charge >= 0.3 is 5.63 Å². The van der Waals surface area contributed by atoms with Crippen LogP contribution in [0.15, 0.2) is 97.9 Å². The third-order valence-corrected chi connectivity index (χ3v) is 11.0. The summed E-state index contributed by atoms with van der Waals surface area (Å²) in [4.78, 5) is 13.2. The van der Waals surface area contributed by atoms with Crippen molar-refractivity contribution in [2.75, 3.05) is 9.44 Å². The molecule has 1 heterocycles. The highest BCUT2D eigenvalue weighted by atomic mass is 32.2. The molecule has 0 radical (unpaired) electrons. The molecule has 1 saturated carbocycles. The Balaban J connectivity index is 1.28. The second kappa shape index (κ2) is 12.1. The summed E-state index contributed by atoms with van der Waals surface area (Å²) >= 11 is 0. The highest BCUT2D eigenvalue weighted by Gasteiger charge is 2.38. The molecule has 1 unspecified atom stereocenters. The first-order chi connectivity index (χ1) is 21.1. The zero-order valence-electron chi connectivity index (χ0n) is 24.0. The third-order valence-electron chi connectivity index (χ3n) is 8.25. The lowest BCUT2D eigenvalue weighted by Gasteiger charge is -2.22. The monoisotopic (exact) mass is 634 g/mol. The Hall–Kier alpha value is -4.09. The maximum Gasteiger partial charge on any atom is 0.343 e. The lowest BCUT2D eigenvalue weighted by molar-refractivity contribution is 0.382. The van der Waals surface area contributed by atoms with Gasteiger partial charge in [-0.25, -0.2) is 21.6 Å². The highest BCUT2D eigenvalue weighted by Crippen LogP contribution is 2.49. The molecular weight excluding hydrogens is 601 g/mol. The topological polar surface area (TPSA) is 143 Å². The Morgan fingerprint density at radius 1 is 0.727 bits per heavy atom. The SMILES string of the molecule is O=c1oc2c(c(O)c1C(c1cccc(NS(=O)(=O)c3cccc(NS(=O)(=O)c4ccccc4)c3)c1)C1CC1)CCCCCC2. The van der Waals surface area contributed by atoms with Gasteiger partial charge in [-0.1, -0.05) is 49.2 Å². The van der Waals surface area contributed by atoms with E-state index in [1.165, 1.54) is 36.4 Å². The average Bonchev–Trinajstić information content (AvgIpc) is 3.82. The molecule has 9 nitrogen and oxygen atoms in total. The predicted octanol–water partition coefficient (Wildman–Crippen LogP) is 6.15. The molecule has 230 valence electrons. The van der Waals surface area contributed by atoms with Gasteiger partial charge in [0.25, 0.3) is 20.0 Å². The number of nitrogens with one attached hydrogen (secondary N) is 2. The number of rotatable bonds is 9. The number of sulfonamides is 2. The summed E-state index contributed by atoms with van der Waals surface area (Å²) in [6.45, 7) is 0. The van der Waals surface area contributed by atoms with Gasteiger partial charge in [0.2, 0.25) is 0 Å². The molecule has 6 rings (SSSR count). The molecule has 1 atom stereocenters. The molecule has 0 amide bonds. The van der Waals surface area contributed by atoms with Gasteiger partial charge in [-0.05, 0) is 86.1 Å². The molecule has 44 heavy (non-hydrogen) atoms. The lowest BCUT2D eigenvalue weighted by atomic mass is 9.85. The fraction of sp³-hybridized carbons (Fsp3) is 0.303. The summed E-state index contributed by atoms with van der Waals surface area (Å²) in [6.07, 6.45) is 6.97. The zero-order chi connectivity index (χ0) is 30.9. The molecule has 0 spiro atoms. The van der Waals surface area contributed by atoms with Crippen LogP contribution in [-0.4, -0.2) is 21.9 Å². The molecule has 11 heteroatoms. The molecule has 2 aliphatic rings. The number of fused-ring (bicyclic) bond motifs is 1. The summed E-state index contributed by atoms with van der Waals surface area (Å²) in [7, 11) is -8.03. The largest absolute Gasteiger partial charge is 0.507 e. The van der Waals surface area contributed by atoms with Crippen LogP contribution in [0.3, 0.4) is 0 Å². The first-order valence-electron chi connectivity index (χ1n) is 14.8. The van der Waals surface area contributed by atoms with E-state index in [0.29, 0.717) is 29.7 Å². The van der Waals surface area contributed by atoms with E-state index >= 15 is 0 Å². The van der Waals surface area contributed by atoms with E-state index in [-0.39, 0.29) is 38.4 Å². The molecule has 0 saturated heterocycles. The van der Waals surface area contributed by atoms with Crippen LogP contribution in [-0.2, 0) is 32.9 Å². The molecule has 1 fully saturated rings. The molecule has 1 aromatic heterocycles. The van der Waals surface area contributed by atoms with Gasteiger partial charge in [0.05, 0.1) is 21.0 Å². The standard InChI is InChI=1S/C33H34N2O7S2/c36-32-28-16-6-1-2-7-17-29(28)42-33(37)31(32)30(22-18-19-22)23-10-8-11-24(20-23)34-44(40,41)27-15-9-12-25(21-27)35-43(38,39)26-13-4-3-5-14-26/h3-5,8-15,20-22,30,34-36H,1-2,6-7,16-19H2. The number of hydrogen-bond acceptors (Lipinski definition) is 7. The van der Waals surface area contributed by atoms with Crippen LogP contribution >= 0.6 is 0 Å². The molecule has 2 aliphatic carbocycles. The molecule has 0 bridgehead atoms. The van der Waals surface area contributed by atoms with E-state index in [1.807, 2.05) is 6.07 Å². The van der Waals surface area contributed by atoms with Crippen LogP contribution in [0.5, 0.6) is 5.75 Å². The van der Waals surface area contributed by atoms with Gasteiger partial charge in [0, 0.05) is 23.6 Å². The van der Waals surface area contributed by atoms with Crippen molar-refractivity contribution in [2.45, 2.75) is 67.1 Å². The molecular formula is C33H34N2O7S2. The van der Waals surface area contributed by atoms with Crippen LogP contribution in [0.25, 0.3) is 0 Å². The lowest BCUT2D eigenvalue weighted by Crippen LogP contribution is -2.19. The number of aromatic hydroxyl groups is 1. The highest BCUT2D eigenvalue weighted by molar-refractivity contribution is 7.93. The zero-order valence-corrected chi connectivity index (χ0v) is 25.7. The van der Waals surface area contributed by atoms with Crippen molar-refractivity contribution in [1.29, 1.82) is 0 Å². The predicted molar refractivity (Wildman–Crippen MR) is 168 cm³/mol. The quantitative estimate of drug-likeness (QED) is 0.200. The average molecular weight is 635 g/mol. The maximum atomic E-state index is 13.4. The minimum atomic E-state index is -4.12. The molecule has 4 aromatic rings. The van der Waals surface area contributed by atoms with Crippen molar-refractivity contribution in [3.63, 3.8) is 0 Å². The van der Waals surface area contributed by atoms with Crippen LogP contribution in [0, 0.1) is 5.92 Å². The molecule has 3 aromatic carbocycles. The van der Waals surface area contributed by atoms with Gasteiger partial charge < -0.3 is 9.52 Å². The first-order valence-corrected chi connectivity index (χ1v) is 17.8. The fourth-order valence-corrected chi connectivity index (χ4v) is 8.11. The Kier molecular flexibility index (Phi) is 8.26. The summed E-state index contributed by atoms with van der Waals surface area (Å²) in [6, 6.07) is 20.2. The summed E-state index contributed by atoms with van der Waals surface area (Å²) < 4.78 is 63.2. The minimum Gasteiger partial charge on any atom is -0.507 e. The smallest absolute Gasteiger partial charge is 0.343 e. The molecule has 0 aliphatic heterocycles. The van der Waals surface area contributed by atoms with Crippen molar-refractivity contribution >= 4 is 31.4 Å². The van der Waals surface area contributed by atoms with Crippen molar-refractivity contribution in [3.05, 3.63) is 112 Å². The van der Waals surface area contributed by atoms with Crippen LogP contribution < -0.4 is 15.1 Å². The number of hydrogen-bond donors (Lipinski definition) is 3. The second-order valence-corrected chi connectivity index (χ2v) is 14.8. The third kappa shape index (κ3) is 6.39. The van der Waals surface area contributed by atoms with E-state index in [0.717, 1.165) is 38.5 Å². The van der Waals surface area contributed by atoms with Crippen LogP contribution in [0.2, 0.25) is 0 Å². The second-order valence-electron chi connectivity index (χ2n) is 11.5. The van der Waals surface area contributed by atoms with Gasteiger partial charge in [-0.15, -0.1) is 0 Å². The Labute approximate surface area is 257 Å². The summed E-state index contributed by atoms with van der Waals surface area (Å²) in [5, 5.41) is 11.4. The van der Waals surface area contributed by atoms with Gasteiger partial charge in [-0.2, -0.15) is 0 Å². The first kappa shape index (κ1) is 30.0. The fourth-order valence-electron chi connectivity index (χ4n) is 5.95. The van der Waals surface area contributed by atoms with Crippen LogP contribution in [0.1, 0.15) is 66.9 Å². The van der Waals surface area contributed by atoms with E-state index < -0.39 is 31.6 Å². The normalized spacial score (nSPS) is 16.3. The van der Waals surface area contributed by atoms with Gasteiger partial charge in [0.1, 0.15) is 11.5 Å². The van der Waals surface area contributed by atoms with Crippen LogP contribution in [0.4, 0.5) is 11.4 Å². The van der Waals surface area contributed by atoms with Crippen molar-refractivity contribution in [3.8, 4) is 5.75 Å². The number of anilines is 2. The van der Waals surface area contributed by atoms with Crippen molar-refractivity contribution in [1.82, 2.24) is 0 Å². The molecule has 3 N–H and O–H groups in total.